The Balaban J connectivity index is 2.36. The van der Waals surface area contributed by atoms with Crippen molar-refractivity contribution in [3.8, 4) is 0 Å². The summed E-state index contributed by atoms with van der Waals surface area (Å²) < 4.78 is -0.192. The van der Waals surface area contributed by atoms with E-state index in [4.69, 9.17) is 11.6 Å². The third-order valence-electron chi connectivity index (χ3n) is 3.41. The van der Waals surface area contributed by atoms with E-state index in [0.29, 0.717) is 5.88 Å². The second-order valence-electron chi connectivity index (χ2n) is 5.82. The first-order valence-electron chi connectivity index (χ1n) is 6.38. The molecule has 1 amide bonds. The number of carbonyl (C=O) groups is 1. The number of nitrogens with one attached hydrogen (secondary N) is 1. The molecule has 2 nitrogen and oxygen atoms in total. The van der Waals surface area contributed by atoms with Gasteiger partial charge in [-0.3, -0.25) is 4.79 Å². The van der Waals surface area contributed by atoms with Gasteiger partial charge in [0, 0.05) is 12.4 Å². The van der Waals surface area contributed by atoms with Gasteiger partial charge in [-0.2, -0.15) is 0 Å². The number of alkyl halides is 1. The van der Waals surface area contributed by atoms with Crippen LogP contribution in [-0.2, 0) is 4.79 Å². The second-order valence-corrected chi connectivity index (χ2v) is 7.80. The van der Waals surface area contributed by atoms with E-state index in [1.807, 2.05) is 0 Å². The zero-order valence-electron chi connectivity index (χ0n) is 11.1. The van der Waals surface area contributed by atoms with E-state index in [2.05, 4.69) is 26.1 Å². The number of carbonyl (C=O) groups excluding carboxylic acids is 1. The number of halogens is 1. The highest BCUT2D eigenvalue weighted by molar-refractivity contribution is 8.01. The predicted octanol–water partition coefficient (Wildman–Crippen LogP) is 3.43. The zero-order valence-corrected chi connectivity index (χ0v) is 12.7. The molecular weight excluding hydrogens is 254 g/mol. The number of hydrogen-bond donors (Lipinski definition) is 1. The Bertz CT molecular complexity index is 262. The van der Waals surface area contributed by atoms with Gasteiger partial charge >= 0.3 is 0 Å². The van der Waals surface area contributed by atoms with Crippen LogP contribution in [0.5, 0.6) is 0 Å². The van der Waals surface area contributed by atoms with Crippen molar-refractivity contribution in [2.24, 2.45) is 5.41 Å². The first-order valence-corrected chi connectivity index (χ1v) is 7.90. The van der Waals surface area contributed by atoms with Crippen molar-refractivity contribution in [1.82, 2.24) is 5.32 Å². The fourth-order valence-corrected chi connectivity index (χ4v) is 3.46. The Kier molecular flexibility index (Phi) is 5.65. The first-order chi connectivity index (χ1) is 7.90. The van der Waals surface area contributed by atoms with E-state index in [9.17, 15) is 4.79 Å². The van der Waals surface area contributed by atoms with Gasteiger partial charge in [0.2, 0.25) is 5.91 Å². The Morgan fingerprint density at radius 3 is 2.76 bits per heavy atom. The normalized spacial score (nSPS) is 24.9. The van der Waals surface area contributed by atoms with E-state index < -0.39 is 0 Å². The molecule has 0 aromatic rings. The topological polar surface area (TPSA) is 29.1 Å². The lowest BCUT2D eigenvalue weighted by Crippen LogP contribution is -2.44. The van der Waals surface area contributed by atoms with E-state index in [0.717, 1.165) is 38.0 Å². The summed E-state index contributed by atoms with van der Waals surface area (Å²) in [5.41, 5.74) is 0.143. The Hall–Kier alpha value is 0.110. The van der Waals surface area contributed by atoms with Crippen molar-refractivity contribution in [3.05, 3.63) is 0 Å². The van der Waals surface area contributed by atoms with Gasteiger partial charge in [0.25, 0.3) is 0 Å². The number of amides is 1. The highest BCUT2D eigenvalue weighted by Crippen LogP contribution is 2.38. The largest absolute Gasteiger partial charge is 0.354 e. The van der Waals surface area contributed by atoms with Crippen LogP contribution in [0.25, 0.3) is 0 Å². The van der Waals surface area contributed by atoms with Gasteiger partial charge in [-0.15, -0.1) is 23.4 Å². The molecule has 1 aliphatic rings. The summed E-state index contributed by atoms with van der Waals surface area (Å²) >= 11 is 7.49. The summed E-state index contributed by atoms with van der Waals surface area (Å²) in [5.74, 6) is 2.02. The van der Waals surface area contributed by atoms with Crippen LogP contribution in [0, 0.1) is 5.41 Å². The molecular formula is C13H24ClNOS. The molecule has 0 bridgehead atoms. The van der Waals surface area contributed by atoms with Gasteiger partial charge in [0.15, 0.2) is 0 Å². The van der Waals surface area contributed by atoms with Crippen molar-refractivity contribution in [3.63, 3.8) is 0 Å². The van der Waals surface area contributed by atoms with Crippen molar-refractivity contribution >= 4 is 29.3 Å². The van der Waals surface area contributed by atoms with Crippen LogP contribution in [0.15, 0.2) is 0 Å². The lowest BCUT2D eigenvalue weighted by atomic mass is 9.88. The molecule has 1 heterocycles. The molecule has 0 saturated carbocycles. The molecule has 1 atom stereocenters. The van der Waals surface area contributed by atoms with Crippen LogP contribution < -0.4 is 5.32 Å². The van der Waals surface area contributed by atoms with Gasteiger partial charge < -0.3 is 5.32 Å². The van der Waals surface area contributed by atoms with Crippen LogP contribution in [0.4, 0.5) is 0 Å². The van der Waals surface area contributed by atoms with Crippen LogP contribution in [0.2, 0.25) is 0 Å². The van der Waals surface area contributed by atoms with Crippen molar-refractivity contribution in [2.45, 2.75) is 51.2 Å². The minimum atomic E-state index is -0.192. The summed E-state index contributed by atoms with van der Waals surface area (Å²) in [6, 6.07) is 0. The third kappa shape index (κ3) is 4.70. The fraction of sp³-hybridized carbons (Fsp3) is 0.923. The molecule has 1 aliphatic heterocycles. The van der Waals surface area contributed by atoms with E-state index in [-0.39, 0.29) is 16.1 Å². The van der Waals surface area contributed by atoms with Gasteiger partial charge in [-0.05, 0) is 43.8 Å². The van der Waals surface area contributed by atoms with E-state index in [1.165, 1.54) is 0 Å². The van der Waals surface area contributed by atoms with Crippen LogP contribution >= 0.6 is 23.4 Å². The number of hydrogen-bond acceptors (Lipinski definition) is 2. The standard InChI is InChI=1S/C13H24ClNOS/c1-12(2,6-4-8-14)10-15-11(16)13(3)7-5-9-17-13/h4-10H2,1-3H3,(H,15,16). The maximum atomic E-state index is 12.1. The van der Waals surface area contributed by atoms with Gasteiger partial charge in [-0.1, -0.05) is 13.8 Å². The second kappa shape index (κ2) is 6.33. The monoisotopic (exact) mass is 277 g/mol. The smallest absolute Gasteiger partial charge is 0.235 e. The van der Waals surface area contributed by atoms with Crippen molar-refractivity contribution < 1.29 is 4.79 Å². The minimum absolute atomic E-state index is 0.143. The van der Waals surface area contributed by atoms with Gasteiger partial charge in [-0.25, -0.2) is 0 Å². The minimum Gasteiger partial charge on any atom is -0.354 e. The number of rotatable bonds is 6. The molecule has 1 rings (SSSR count). The Morgan fingerprint density at radius 1 is 1.53 bits per heavy atom. The lowest BCUT2D eigenvalue weighted by molar-refractivity contribution is -0.123. The fourth-order valence-electron chi connectivity index (χ4n) is 2.10. The van der Waals surface area contributed by atoms with Crippen LogP contribution in [0.1, 0.15) is 46.5 Å². The third-order valence-corrected chi connectivity index (χ3v) is 5.20. The van der Waals surface area contributed by atoms with Gasteiger partial charge in [0.05, 0.1) is 4.75 Å². The molecule has 4 heteroatoms. The lowest BCUT2D eigenvalue weighted by Gasteiger charge is -2.28. The number of thioether (sulfide) groups is 1. The molecule has 1 fully saturated rings. The van der Waals surface area contributed by atoms with E-state index in [1.54, 1.807) is 11.8 Å². The molecule has 17 heavy (non-hydrogen) atoms. The SMILES string of the molecule is CC(C)(CCCCl)CNC(=O)C1(C)CCCS1. The molecule has 1 N–H and O–H groups in total. The molecule has 0 aromatic heterocycles. The molecule has 0 aliphatic carbocycles. The molecule has 0 radical (unpaired) electrons. The van der Waals surface area contributed by atoms with Gasteiger partial charge in [0.1, 0.15) is 0 Å². The first kappa shape index (κ1) is 15.2. The summed E-state index contributed by atoms with van der Waals surface area (Å²) in [4.78, 5) is 12.1. The molecule has 1 saturated heterocycles. The average molecular weight is 278 g/mol. The van der Waals surface area contributed by atoms with Crippen LogP contribution in [-0.4, -0.2) is 28.8 Å². The Morgan fingerprint density at radius 2 is 2.24 bits per heavy atom. The molecule has 0 aromatic carbocycles. The zero-order chi connectivity index (χ0) is 12.9. The summed E-state index contributed by atoms with van der Waals surface area (Å²) in [7, 11) is 0. The maximum Gasteiger partial charge on any atom is 0.235 e. The van der Waals surface area contributed by atoms with Crippen molar-refractivity contribution in [2.75, 3.05) is 18.2 Å². The highest BCUT2D eigenvalue weighted by Gasteiger charge is 2.37. The quantitative estimate of drug-likeness (QED) is 0.754. The Labute approximate surface area is 114 Å². The van der Waals surface area contributed by atoms with Crippen LogP contribution in [0.3, 0.4) is 0 Å². The summed E-state index contributed by atoms with van der Waals surface area (Å²) in [6.45, 7) is 7.18. The van der Waals surface area contributed by atoms with Crippen molar-refractivity contribution in [1.29, 1.82) is 0 Å². The molecule has 100 valence electrons. The molecule has 0 spiro atoms. The summed E-state index contributed by atoms with van der Waals surface area (Å²) in [6.07, 6.45) is 4.23. The molecule has 1 unspecified atom stereocenters. The maximum absolute atomic E-state index is 12.1. The predicted molar refractivity (Wildman–Crippen MR) is 76.8 cm³/mol. The van der Waals surface area contributed by atoms with E-state index >= 15 is 0 Å². The average Bonchev–Trinajstić information content (AvgIpc) is 2.72. The highest BCUT2D eigenvalue weighted by atomic mass is 35.5. The summed E-state index contributed by atoms with van der Waals surface area (Å²) in [5, 5.41) is 3.11.